The maximum Gasteiger partial charge on any atom is 0.408 e. The quantitative estimate of drug-likeness (QED) is 0.145. The molecule has 2 aromatic carbocycles. The average molecular weight is 918 g/mol. The largest absolute Gasteiger partial charge is 0.459 e. The molecule has 5 atom stereocenters. The lowest BCUT2D eigenvalue weighted by Gasteiger charge is -2.30. The van der Waals surface area contributed by atoms with Crippen molar-refractivity contribution in [1.82, 2.24) is 34.8 Å². The normalized spacial score (nSPS) is 25.3. The number of benzene rings is 2. The lowest BCUT2D eigenvalue weighted by Crippen LogP contribution is -2.58. The van der Waals surface area contributed by atoms with Crippen molar-refractivity contribution in [3.05, 3.63) is 65.8 Å². The summed E-state index contributed by atoms with van der Waals surface area (Å²) in [6, 6.07) is 9.85. The third-order valence-electron chi connectivity index (χ3n) is 12.5. The number of hydrogen-bond donors (Lipinski definition) is 3. The average Bonchev–Trinajstić information content (AvgIpc) is 3.90. The molecule has 0 unspecified atom stereocenters. The number of carbonyl (C=O) groups excluding carboxylic acids is 4. The first-order valence-corrected chi connectivity index (χ1v) is 24.4. The number of imidazole rings is 1. The van der Waals surface area contributed by atoms with Gasteiger partial charge in [0.25, 0.3) is 11.9 Å². The molecule has 2 saturated carbocycles. The maximum absolute atomic E-state index is 14.8. The third kappa shape index (κ3) is 9.26. The van der Waals surface area contributed by atoms with Crippen molar-refractivity contribution in [1.29, 1.82) is 0 Å². The minimum absolute atomic E-state index is 0.00692. The molecule has 64 heavy (non-hydrogen) atoms. The van der Waals surface area contributed by atoms with E-state index in [1.54, 1.807) is 39.8 Å². The van der Waals surface area contributed by atoms with Gasteiger partial charge >= 0.3 is 6.09 Å². The maximum atomic E-state index is 14.8. The van der Waals surface area contributed by atoms with Crippen LogP contribution in [0.15, 0.2) is 60.0 Å². The molecule has 1 saturated heterocycles. The number of amides is 4. The summed E-state index contributed by atoms with van der Waals surface area (Å²) in [4.78, 5) is 67.9. The van der Waals surface area contributed by atoms with Crippen molar-refractivity contribution in [2.24, 2.45) is 5.92 Å². The van der Waals surface area contributed by atoms with E-state index in [4.69, 9.17) is 19.4 Å². The number of allylic oxidation sites excluding steroid dienone is 1. The van der Waals surface area contributed by atoms with Crippen LogP contribution in [0.2, 0.25) is 0 Å². The SMILES string of the molecule is CC(C)n1c(O[C@@H]2C[C@H]3C(=O)N[C@]4(C(=O)NS(=O)(=O)C5(C)CC5)C[C@H]4/C=C\CCCCC[C@H](NC(=O)OC(C)(C)C)C(=O)N3C2)nc2c(-c3nc(-c4ccc(F)cc4)cs3)cccc21. The number of aromatic nitrogens is 3. The number of rotatable bonds is 9. The Bertz CT molecular complexity index is 2600. The van der Waals surface area contributed by atoms with Gasteiger partial charge in [0.1, 0.15) is 45.7 Å². The van der Waals surface area contributed by atoms with Crippen LogP contribution >= 0.6 is 11.3 Å². The molecule has 0 spiro atoms. The Morgan fingerprint density at radius 3 is 2.50 bits per heavy atom. The van der Waals surface area contributed by atoms with Crippen LogP contribution in [0.4, 0.5) is 9.18 Å². The molecule has 4 heterocycles. The van der Waals surface area contributed by atoms with Gasteiger partial charge in [0.15, 0.2) is 0 Å². The molecule has 4 aromatic rings. The van der Waals surface area contributed by atoms with Gasteiger partial charge in [-0.3, -0.25) is 23.7 Å². The lowest BCUT2D eigenvalue weighted by molar-refractivity contribution is -0.141. The van der Waals surface area contributed by atoms with Crippen molar-refractivity contribution in [3.63, 3.8) is 0 Å². The molecule has 4 aliphatic rings. The first-order valence-electron chi connectivity index (χ1n) is 22.0. The molecule has 0 bridgehead atoms. The Morgan fingerprint density at radius 1 is 1.05 bits per heavy atom. The van der Waals surface area contributed by atoms with Gasteiger partial charge in [-0.05, 0) is 116 Å². The standard InChI is InChI=1S/C46H56FN7O8S2/c1-27(2)54-35-16-12-14-32(39-48-34(26-63-39)28-17-19-30(47)20-18-28)37(35)50-42(54)61-31-23-36-38(55)51-46(41(57)52-64(59,60)45(6)21-22-45)24-29(46)13-10-8-7-9-11-15-33(40(56)53(36)25-31)49-43(58)62-44(3,4)5/h10,12-14,16-20,26-27,29,31,33,36H,7-9,11,15,21-25H2,1-6H3,(H,49,58)(H,51,55)(H,52,57)/b13-10-/t29-,31-,33+,36+,46-/m1/s1. The van der Waals surface area contributed by atoms with Crippen molar-refractivity contribution in [2.45, 2.75) is 139 Å². The second kappa shape index (κ2) is 17.2. The van der Waals surface area contributed by atoms with Crippen LogP contribution in [0.25, 0.3) is 32.9 Å². The lowest BCUT2D eigenvalue weighted by atomic mass is 10.0. The number of fused-ring (bicyclic) bond motifs is 3. The number of ether oxygens (including phenoxy) is 2. The van der Waals surface area contributed by atoms with E-state index < -0.39 is 73.8 Å². The molecular weight excluding hydrogens is 862 g/mol. The van der Waals surface area contributed by atoms with Crippen molar-refractivity contribution < 1.29 is 41.5 Å². The fourth-order valence-electron chi connectivity index (χ4n) is 8.55. The van der Waals surface area contributed by atoms with E-state index in [9.17, 15) is 32.0 Å². The number of hydrogen-bond acceptors (Lipinski definition) is 11. The number of sulfonamides is 1. The van der Waals surface area contributed by atoms with Gasteiger partial charge in [0.2, 0.25) is 21.8 Å². The summed E-state index contributed by atoms with van der Waals surface area (Å²) in [7, 11) is -4.02. The third-order valence-corrected chi connectivity index (χ3v) is 15.6. The van der Waals surface area contributed by atoms with Gasteiger partial charge < -0.3 is 25.0 Å². The minimum atomic E-state index is -4.02. The fraction of sp³-hybridized carbons (Fsp3) is 0.522. The first-order chi connectivity index (χ1) is 30.3. The number of nitrogens with one attached hydrogen (secondary N) is 3. The van der Waals surface area contributed by atoms with Crippen LogP contribution in [0.5, 0.6) is 6.01 Å². The van der Waals surface area contributed by atoms with E-state index in [1.165, 1.54) is 28.4 Å². The molecule has 3 fully saturated rings. The van der Waals surface area contributed by atoms with Crippen LogP contribution in [0, 0.1) is 11.7 Å². The molecule has 8 rings (SSSR count). The van der Waals surface area contributed by atoms with E-state index in [2.05, 4.69) is 15.4 Å². The van der Waals surface area contributed by atoms with Crippen LogP contribution in [0.1, 0.15) is 105 Å². The monoisotopic (exact) mass is 917 g/mol. The topological polar surface area (TPSA) is 191 Å². The summed E-state index contributed by atoms with van der Waals surface area (Å²) < 4.78 is 55.7. The second-order valence-corrected chi connectivity index (χ2v) is 22.0. The highest BCUT2D eigenvalue weighted by Crippen LogP contribution is 2.48. The van der Waals surface area contributed by atoms with E-state index in [0.717, 1.165) is 29.5 Å². The smallest absolute Gasteiger partial charge is 0.408 e. The summed E-state index contributed by atoms with van der Waals surface area (Å²) in [5.74, 6) is -2.77. The number of para-hydroxylation sites is 1. The van der Waals surface area contributed by atoms with Gasteiger partial charge in [0, 0.05) is 34.9 Å². The Kier molecular flexibility index (Phi) is 12.2. The highest BCUT2D eigenvalue weighted by molar-refractivity contribution is 7.91. The molecule has 2 aliphatic heterocycles. The highest BCUT2D eigenvalue weighted by atomic mass is 32.2. The molecular formula is C46H56FN7O8S2. The zero-order chi connectivity index (χ0) is 45.8. The number of alkyl carbamates (subject to hydrolysis) is 1. The minimum Gasteiger partial charge on any atom is -0.459 e. The Labute approximate surface area is 376 Å². The highest BCUT2D eigenvalue weighted by Gasteiger charge is 2.63. The molecule has 3 N–H and O–H groups in total. The Hall–Kier alpha value is -5.36. The summed E-state index contributed by atoms with van der Waals surface area (Å²) in [5.41, 5.74) is 1.25. The predicted octanol–water partition coefficient (Wildman–Crippen LogP) is 7.18. The zero-order valence-corrected chi connectivity index (χ0v) is 38.6. The predicted molar refractivity (Wildman–Crippen MR) is 240 cm³/mol. The van der Waals surface area contributed by atoms with Crippen LogP contribution in [0.3, 0.4) is 0 Å². The number of halogens is 1. The summed E-state index contributed by atoms with van der Waals surface area (Å²) in [6.07, 6.45) is 6.38. The van der Waals surface area contributed by atoms with Gasteiger partial charge in [-0.25, -0.2) is 22.6 Å². The fourth-order valence-corrected chi connectivity index (χ4v) is 10.7. The van der Waals surface area contributed by atoms with Gasteiger partial charge in [-0.1, -0.05) is 31.1 Å². The van der Waals surface area contributed by atoms with Gasteiger partial charge in [-0.15, -0.1) is 11.3 Å². The van der Waals surface area contributed by atoms with Gasteiger partial charge in [-0.2, -0.15) is 4.98 Å². The van der Waals surface area contributed by atoms with Crippen LogP contribution in [-0.4, -0.2) is 92.3 Å². The van der Waals surface area contributed by atoms with E-state index in [1.807, 2.05) is 54.1 Å². The molecule has 342 valence electrons. The zero-order valence-electron chi connectivity index (χ0n) is 37.0. The molecule has 15 nitrogen and oxygen atoms in total. The number of carbonyl (C=O) groups is 4. The van der Waals surface area contributed by atoms with E-state index in [0.29, 0.717) is 41.9 Å². The van der Waals surface area contributed by atoms with Crippen molar-refractivity contribution >= 4 is 56.2 Å². The van der Waals surface area contributed by atoms with E-state index >= 15 is 0 Å². The molecule has 2 aromatic heterocycles. The second-order valence-electron chi connectivity index (χ2n) is 19.0. The summed E-state index contributed by atoms with van der Waals surface area (Å²) >= 11 is 1.43. The van der Waals surface area contributed by atoms with Crippen LogP contribution < -0.4 is 20.1 Å². The van der Waals surface area contributed by atoms with Crippen molar-refractivity contribution in [2.75, 3.05) is 6.54 Å². The number of nitrogens with zero attached hydrogens (tertiary/aromatic N) is 4. The van der Waals surface area contributed by atoms with Gasteiger partial charge in [0.05, 0.1) is 22.5 Å². The van der Waals surface area contributed by atoms with Crippen LogP contribution in [-0.2, 0) is 29.1 Å². The van der Waals surface area contributed by atoms with E-state index in [-0.39, 0.29) is 43.7 Å². The Balaban J connectivity index is 1.12. The summed E-state index contributed by atoms with van der Waals surface area (Å²) in [6.45, 7) is 10.7. The molecule has 4 amide bonds. The number of thiazole rings is 1. The first kappa shape index (κ1) is 45.2. The van der Waals surface area contributed by atoms with Crippen molar-refractivity contribution in [3.8, 4) is 27.8 Å². The molecule has 18 heteroatoms. The molecule has 0 radical (unpaired) electrons. The summed E-state index contributed by atoms with van der Waals surface area (Å²) in [5, 5.41) is 8.29. The molecule has 2 aliphatic carbocycles. The Morgan fingerprint density at radius 2 is 1.80 bits per heavy atom.